The number of likely N-dealkylation sites (tertiary alicyclic amines) is 1. The zero-order chi connectivity index (χ0) is 13.0. The molecule has 3 heteroatoms. The second-order valence-corrected chi connectivity index (χ2v) is 5.38. The van der Waals surface area contributed by atoms with Crippen molar-refractivity contribution in [1.29, 1.82) is 0 Å². The number of hydrogen-bond acceptors (Lipinski definition) is 2. The van der Waals surface area contributed by atoms with Crippen molar-refractivity contribution in [1.82, 2.24) is 10.2 Å². The lowest BCUT2D eigenvalue weighted by atomic mass is 10.0. The average Bonchev–Trinajstić information content (AvgIpc) is 2.74. The number of hydrogen-bond donors (Lipinski definition) is 1. The summed E-state index contributed by atoms with van der Waals surface area (Å²) in [4.78, 5) is 14.1. The van der Waals surface area contributed by atoms with Gasteiger partial charge in [-0.3, -0.25) is 4.79 Å². The van der Waals surface area contributed by atoms with Crippen molar-refractivity contribution in [3.05, 3.63) is 35.4 Å². The van der Waals surface area contributed by atoms with Crippen LogP contribution in [0.2, 0.25) is 0 Å². The summed E-state index contributed by atoms with van der Waals surface area (Å²) in [6.45, 7) is 4.88. The lowest BCUT2D eigenvalue weighted by Crippen LogP contribution is -2.26. The number of benzene rings is 1. The molecule has 1 atom stereocenters. The number of nitrogens with one attached hydrogen (secondary N) is 1. The molecule has 3 nitrogen and oxygen atoms in total. The van der Waals surface area contributed by atoms with Crippen LogP contribution in [0.3, 0.4) is 0 Å². The van der Waals surface area contributed by atoms with E-state index in [1.54, 1.807) is 0 Å². The molecule has 1 fully saturated rings. The van der Waals surface area contributed by atoms with E-state index in [1.807, 2.05) is 0 Å². The minimum atomic E-state index is 0.177. The van der Waals surface area contributed by atoms with Gasteiger partial charge in [-0.2, -0.15) is 0 Å². The summed E-state index contributed by atoms with van der Waals surface area (Å²) < 4.78 is 0. The van der Waals surface area contributed by atoms with Crippen LogP contribution in [0.15, 0.2) is 24.3 Å². The van der Waals surface area contributed by atoms with Crippen LogP contribution in [0.25, 0.3) is 0 Å². The fraction of sp³-hybridized carbons (Fsp3) is 0.533. The highest BCUT2D eigenvalue weighted by Gasteiger charge is 2.21. The first-order valence-corrected chi connectivity index (χ1v) is 6.64. The van der Waals surface area contributed by atoms with Crippen molar-refractivity contribution in [3.8, 4) is 0 Å². The van der Waals surface area contributed by atoms with E-state index in [4.69, 9.17) is 0 Å². The third-order valence-corrected chi connectivity index (χ3v) is 3.57. The summed E-state index contributed by atoms with van der Waals surface area (Å²) in [5.41, 5.74) is 2.41. The molecule has 1 amide bonds. The Morgan fingerprint density at radius 3 is 2.72 bits per heavy atom. The van der Waals surface area contributed by atoms with Crippen molar-refractivity contribution >= 4 is 5.91 Å². The van der Waals surface area contributed by atoms with Gasteiger partial charge in [0.05, 0.1) is 0 Å². The molecule has 1 heterocycles. The van der Waals surface area contributed by atoms with Crippen molar-refractivity contribution in [2.75, 3.05) is 20.1 Å². The van der Waals surface area contributed by atoms with Crippen molar-refractivity contribution in [3.63, 3.8) is 0 Å². The fourth-order valence-electron chi connectivity index (χ4n) is 2.43. The predicted octanol–water partition coefficient (Wildman–Crippen LogP) is 1.95. The molecule has 1 aromatic carbocycles. The van der Waals surface area contributed by atoms with E-state index >= 15 is 0 Å². The van der Waals surface area contributed by atoms with Gasteiger partial charge in [-0.05, 0) is 38.4 Å². The van der Waals surface area contributed by atoms with Crippen LogP contribution in [-0.4, -0.2) is 30.9 Å². The molecule has 0 radical (unpaired) electrons. The van der Waals surface area contributed by atoms with E-state index < -0.39 is 0 Å². The lowest BCUT2D eigenvalue weighted by molar-refractivity contribution is -0.122. The largest absolute Gasteiger partial charge is 0.352 e. The molecule has 2 rings (SSSR count). The first kappa shape index (κ1) is 13.1. The molecule has 1 saturated heterocycles. The number of carbonyl (C=O) groups is 1. The Labute approximate surface area is 109 Å². The van der Waals surface area contributed by atoms with E-state index in [0.717, 1.165) is 25.1 Å². The average molecular weight is 246 g/mol. The minimum Gasteiger partial charge on any atom is -0.352 e. The molecule has 1 aliphatic heterocycles. The summed E-state index contributed by atoms with van der Waals surface area (Å²) in [7, 11) is 2.12. The Morgan fingerprint density at radius 1 is 1.39 bits per heavy atom. The van der Waals surface area contributed by atoms with Gasteiger partial charge in [-0.15, -0.1) is 0 Å². The van der Waals surface area contributed by atoms with Gasteiger partial charge in [-0.1, -0.05) is 29.8 Å². The Kier molecular flexibility index (Phi) is 4.37. The van der Waals surface area contributed by atoms with Crippen LogP contribution in [0.1, 0.15) is 24.0 Å². The second kappa shape index (κ2) is 6.01. The fourth-order valence-corrected chi connectivity index (χ4v) is 2.43. The van der Waals surface area contributed by atoms with Crippen molar-refractivity contribution in [2.45, 2.75) is 26.3 Å². The van der Waals surface area contributed by atoms with Gasteiger partial charge >= 0.3 is 0 Å². The highest BCUT2D eigenvalue weighted by atomic mass is 16.1. The summed E-state index contributed by atoms with van der Waals surface area (Å²) in [6.07, 6.45) is 1.81. The smallest absolute Gasteiger partial charge is 0.220 e. The first-order valence-electron chi connectivity index (χ1n) is 6.64. The predicted molar refractivity (Wildman–Crippen MR) is 73.2 cm³/mol. The molecular weight excluding hydrogens is 224 g/mol. The van der Waals surface area contributed by atoms with Crippen LogP contribution >= 0.6 is 0 Å². The second-order valence-electron chi connectivity index (χ2n) is 5.38. The molecule has 98 valence electrons. The normalized spacial score (nSPS) is 20.0. The molecule has 0 spiro atoms. The van der Waals surface area contributed by atoms with Crippen LogP contribution in [0.4, 0.5) is 0 Å². The van der Waals surface area contributed by atoms with Crippen LogP contribution in [-0.2, 0) is 11.3 Å². The first-order chi connectivity index (χ1) is 8.63. The number of aryl methyl sites for hydroxylation is 1. The van der Waals surface area contributed by atoms with Crippen molar-refractivity contribution < 1.29 is 4.79 Å². The minimum absolute atomic E-state index is 0.177. The summed E-state index contributed by atoms with van der Waals surface area (Å²) in [6, 6.07) is 8.29. The maximum absolute atomic E-state index is 11.8. The SMILES string of the molecule is Cc1ccc(CNC(=O)CC2CCN(C)C2)cc1. The molecule has 1 aromatic rings. The van der Waals surface area contributed by atoms with Crippen LogP contribution < -0.4 is 5.32 Å². The molecule has 18 heavy (non-hydrogen) atoms. The molecule has 0 aliphatic carbocycles. The molecule has 0 aromatic heterocycles. The molecule has 1 N–H and O–H groups in total. The molecule has 1 unspecified atom stereocenters. The van der Waals surface area contributed by atoms with Gasteiger partial charge in [0.15, 0.2) is 0 Å². The monoisotopic (exact) mass is 246 g/mol. The zero-order valence-corrected chi connectivity index (χ0v) is 11.3. The molecule has 0 saturated carbocycles. The lowest BCUT2D eigenvalue weighted by Gasteiger charge is -2.10. The van der Waals surface area contributed by atoms with E-state index in [9.17, 15) is 4.79 Å². The molecule has 1 aliphatic rings. The summed E-state index contributed by atoms with van der Waals surface area (Å²) >= 11 is 0. The van der Waals surface area contributed by atoms with E-state index in [-0.39, 0.29) is 5.91 Å². The maximum atomic E-state index is 11.8. The van der Waals surface area contributed by atoms with Gasteiger partial charge in [0.2, 0.25) is 5.91 Å². The Bertz CT molecular complexity index is 399. The number of carbonyl (C=O) groups excluding carboxylic acids is 1. The van der Waals surface area contributed by atoms with Gasteiger partial charge in [-0.25, -0.2) is 0 Å². The maximum Gasteiger partial charge on any atom is 0.220 e. The third kappa shape index (κ3) is 3.84. The Balaban J connectivity index is 1.73. The topological polar surface area (TPSA) is 32.3 Å². The number of rotatable bonds is 4. The van der Waals surface area contributed by atoms with Crippen LogP contribution in [0.5, 0.6) is 0 Å². The highest BCUT2D eigenvalue weighted by molar-refractivity contribution is 5.76. The standard InChI is InChI=1S/C15H22N2O/c1-12-3-5-13(6-4-12)10-16-15(18)9-14-7-8-17(2)11-14/h3-6,14H,7-11H2,1-2H3,(H,16,18). The summed E-state index contributed by atoms with van der Waals surface area (Å²) in [5.74, 6) is 0.712. The summed E-state index contributed by atoms with van der Waals surface area (Å²) in [5, 5.41) is 3.00. The van der Waals surface area contributed by atoms with Gasteiger partial charge in [0.25, 0.3) is 0 Å². The van der Waals surface area contributed by atoms with Gasteiger partial charge in [0, 0.05) is 19.5 Å². The molecule has 0 bridgehead atoms. The van der Waals surface area contributed by atoms with Crippen molar-refractivity contribution in [2.24, 2.45) is 5.92 Å². The highest BCUT2D eigenvalue weighted by Crippen LogP contribution is 2.17. The third-order valence-electron chi connectivity index (χ3n) is 3.57. The molecular formula is C15H22N2O. The quantitative estimate of drug-likeness (QED) is 0.880. The van der Waals surface area contributed by atoms with E-state index in [1.165, 1.54) is 5.56 Å². The van der Waals surface area contributed by atoms with Gasteiger partial charge < -0.3 is 10.2 Å². The number of amides is 1. The van der Waals surface area contributed by atoms with Gasteiger partial charge in [0.1, 0.15) is 0 Å². The Morgan fingerprint density at radius 2 is 2.11 bits per heavy atom. The van der Waals surface area contributed by atoms with Crippen LogP contribution in [0, 0.1) is 12.8 Å². The van der Waals surface area contributed by atoms with E-state index in [2.05, 4.69) is 48.5 Å². The Hall–Kier alpha value is -1.35. The zero-order valence-electron chi connectivity index (χ0n) is 11.3. The van der Waals surface area contributed by atoms with E-state index in [0.29, 0.717) is 18.9 Å². The number of nitrogens with zero attached hydrogens (tertiary/aromatic N) is 1.